The molecule has 0 saturated carbocycles. The molecule has 0 unspecified atom stereocenters. The zero-order valence-corrected chi connectivity index (χ0v) is 9.43. The summed E-state index contributed by atoms with van der Waals surface area (Å²) in [5, 5.41) is 5.11. The van der Waals surface area contributed by atoms with Gasteiger partial charge >= 0.3 is 0 Å². The van der Waals surface area contributed by atoms with Gasteiger partial charge in [0.15, 0.2) is 0 Å². The van der Waals surface area contributed by atoms with Gasteiger partial charge in [0, 0.05) is 29.7 Å². The molecular weight excluding hydrogens is 225 g/mol. The highest BCUT2D eigenvalue weighted by atomic mass is 32.1. The van der Waals surface area contributed by atoms with Gasteiger partial charge in [0.2, 0.25) is 0 Å². The van der Waals surface area contributed by atoms with Crippen molar-refractivity contribution in [2.24, 2.45) is 0 Å². The van der Waals surface area contributed by atoms with E-state index < -0.39 is 0 Å². The zero-order chi connectivity index (χ0) is 11.4. The Morgan fingerprint density at radius 1 is 1.38 bits per heavy atom. The van der Waals surface area contributed by atoms with E-state index in [4.69, 9.17) is 5.73 Å². The third-order valence-electron chi connectivity index (χ3n) is 2.11. The van der Waals surface area contributed by atoms with E-state index in [2.05, 4.69) is 10.3 Å². The van der Waals surface area contributed by atoms with E-state index in [1.54, 1.807) is 22.9 Å². The van der Waals surface area contributed by atoms with Crippen LogP contribution in [-0.4, -0.2) is 11.5 Å². The third kappa shape index (κ3) is 2.93. The molecule has 3 N–H and O–H groups in total. The van der Waals surface area contributed by atoms with Crippen molar-refractivity contribution in [3.8, 4) is 0 Å². The minimum absolute atomic E-state index is 0.323. The van der Waals surface area contributed by atoms with Crippen LogP contribution in [0, 0.1) is 5.82 Å². The molecule has 2 rings (SSSR count). The van der Waals surface area contributed by atoms with E-state index in [9.17, 15) is 4.39 Å². The number of nitrogens with zero attached hydrogens (tertiary/aromatic N) is 1. The van der Waals surface area contributed by atoms with Crippen LogP contribution >= 0.6 is 11.3 Å². The lowest BCUT2D eigenvalue weighted by molar-refractivity contribution is 0.629. The predicted molar refractivity (Wildman–Crippen MR) is 65.1 cm³/mol. The van der Waals surface area contributed by atoms with E-state index in [1.807, 2.05) is 5.38 Å². The van der Waals surface area contributed by atoms with Crippen LogP contribution in [0.25, 0.3) is 0 Å². The summed E-state index contributed by atoms with van der Waals surface area (Å²) in [6.07, 6.45) is 0.819. The topological polar surface area (TPSA) is 50.9 Å². The molecule has 0 atom stereocenters. The normalized spacial score (nSPS) is 10.3. The zero-order valence-electron chi connectivity index (χ0n) is 8.61. The maximum absolute atomic E-state index is 13.0. The summed E-state index contributed by atoms with van der Waals surface area (Å²) in [5.41, 5.74) is 9.51. The summed E-state index contributed by atoms with van der Waals surface area (Å²) in [6, 6.07) is 4.44. The van der Waals surface area contributed by atoms with Crippen LogP contribution in [0.3, 0.4) is 0 Å². The molecular formula is C11H12FN3S. The lowest BCUT2D eigenvalue weighted by Gasteiger charge is -2.06. The fraction of sp³-hybridized carbons (Fsp3) is 0.182. The average molecular weight is 237 g/mol. The highest BCUT2D eigenvalue weighted by Crippen LogP contribution is 2.15. The number of halogens is 1. The van der Waals surface area contributed by atoms with Gasteiger partial charge in [-0.2, -0.15) is 0 Å². The van der Waals surface area contributed by atoms with Crippen molar-refractivity contribution < 1.29 is 4.39 Å². The van der Waals surface area contributed by atoms with Crippen LogP contribution in [0.4, 0.5) is 15.8 Å². The van der Waals surface area contributed by atoms with E-state index in [1.165, 1.54) is 12.1 Å². The van der Waals surface area contributed by atoms with Gasteiger partial charge in [0.05, 0.1) is 11.2 Å². The Morgan fingerprint density at radius 3 is 2.94 bits per heavy atom. The first-order valence-electron chi connectivity index (χ1n) is 4.91. The monoisotopic (exact) mass is 237 g/mol. The molecule has 0 amide bonds. The molecule has 0 spiro atoms. The molecule has 0 bridgehead atoms. The van der Waals surface area contributed by atoms with Gasteiger partial charge in [-0.05, 0) is 18.2 Å². The number of nitrogens with one attached hydrogen (secondary N) is 1. The third-order valence-corrected chi connectivity index (χ3v) is 2.75. The van der Waals surface area contributed by atoms with Crippen molar-refractivity contribution in [1.82, 2.24) is 4.98 Å². The van der Waals surface area contributed by atoms with Gasteiger partial charge in [-0.15, -0.1) is 11.3 Å². The number of nitrogens with two attached hydrogens (primary N) is 1. The van der Waals surface area contributed by atoms with Gasteiger partial charge in [0.1, 0.15) is 5.82 Å². The Balaban J connectivity index is 1.89. The van der Waals surface area contributed by atoms with Gasteiger partial charge in [-0.1, -0.05) is 0 Å². The van der Waals surface area contributed by atoms with Crippen LogP contribution in [0.15, 0.2) is 29.1 Å². The number of nitrogen functional groups attached to an aromatic ring is 1. The summed E-state index contributed by atoms with van der Waals surface area (Å²) >= 11 is 1.57. The van der Waals surface area contributed by atoms with Gasteiger partial charge in [-0.3, -0.25) is 0 Å². The highest BCUT2D eigenvalue weighted by Gasteiger charge is 1.99. The van der Waals surface area contributed by atoms with E-state index in [0.29, 0.717) is 17.9 Å². The number of benzene rings is 1. The van der Waals surface area contributed by atoms with Crippen molar-refractivity contribution in [2.75, 3.05) is 17.6 Å². The van der Waals surface area contributed by atoms with E-state index >= 15 is 0 Å². The number of thiazole rings is 1. The van der Waals surface area contributed by atoms with Crippen LogP contribution in [-0.2, 0) is 6.42 Å². The largest absolute Gasteiger partial charge is 0.399 e. The summed E-state index contributed by atoms with van der Waals surface area (Å²) in [5.74, 6) is -0.323. The molecule has 0 fully saturated rings. The summed E-state index contributed by atoms with van der Waals surface area (Å²) in [4.78, 5) is 4.16. The van der Waals surface area contributed by atoms with E-state index in [0.717, 1.165) is 12.1 Å². The maximum atomic E-state index is 13.0. The van der Waals surface area contributed by atoms with Crippen molar-refractivity contribution in [1.29, 1.82) is 0 Å². The van der Waals surface area contributed by atoms with Crippen molar-refractivity contribution in [2.45, 2.75) is 6.42 Å². The van der Waals surface area contributed by atoms with Gasteiger partial charge in [-0.25, -0.2) is 9.37 Å². The van der Waals surface area contributed by atoms with Crippen LogP contribution < -0.4 is 11.1 Å². The fourth-order valence-electron chi connectivity index (χ4n) is 1.41. The number of anilines is 2. The SMILES string of the molecule is Nc1cc(F)cc(NCCc2cscn2)c1. The molecule has 84 valence electrons. The van der Waals surface area contributed by atoms with E-state index in [-0.39, 0.29) is 5.82 Å². The fourth-order valence-corrected chi connectivity index (χ4v) is 2.00. The summed E-state index contributed by atoms with van der Waals surface area (Å²) < 4.78 is 13.0. The number of hydrogen-bond donors (Lipinski definition) is 2. The smallest absolute Gasteiger partial charge is 0.127 e. The minimum Gasteiger partial charge on any atom is -0.399 e. The second-order valence-electron chi connectivity index (χ2n) is 3.43. The molecule has 3 nitrogen and oxygen atoms in total. The maximum Gasteiger partial charge on any atom is 0.127 e. The molecule has 2 aromatic rings. The van der Waals surface area contributed by atoms with Crippen LogP contribution in [0.5, 0.6) is 0 Å². The Bertz CT molecular complexity index is 436. The predicted octanol–water partition coefficient (Wildman–Crippen LogP) is 2.52. The lowest BCUT2D eigenvalue weighted by Crippen LogP contribution is -2.05. The summed E-state index contributed by atoms with van der Waals surface area (Å²) in [7, 11) is 0. The first-order valence-corrected chi connectivity index (χ1v) is 5.85. The van der Waals surface area contributed by atoms with Crippen molar-refractivity contribution in [3.05, 3.63) is 40.6 Å². The minimum atomic E-state index is -0.323. The Hall–Kier alpha value is -1.62. The van der Waals surface area contributed by atoms with Gasteiger partial charge in [0.25, 0.3) is 0 Å². The molecule has 16 heavy (non-hydrogen) atoms. The number of hydrogen-bond acceptors (Lipinski definition) is 4. The lowest BCUT2D eigenvalue weighted by atomic mass is 10.2. The highest BCUT2D eigenvalue weighted by molar-refractivity contribution is 7.07. The Morgan fingerprint density at radius 2 is 2.25 bits per heavy atom. The summed E-state index contributed by atoms with van der Waals surface area (Å²) in [6.45, 7) is 0.715. The number of aromatic nitrogens is 1. The molecule has 5 heteroatoms. The molecule has 0 saturated heterocycles. The molecule has 1 aromatic heterocycles. The first kappa shape index (κ1) is 10.9. The first-order chi connectivity index (χ1) is 7.74. The molecule has 0 aliphatic rings. The second-order valence-corrected chi connectivity index (χ2v) is 4.15. The quantitative estimate of drug-likeness (QED) is 0.803. The standard InChI is InChI=1S/C11H12FN3S/c12-8-3-9(13)5-11(4-8)14-2-1-10-6-16-7-15-10/h3-7,14H,1-2,13H2. The Labute approximate surface area is 97.1 Å². The second kappa shape index (κ2) is 4.94. The number of rotatable bonds is 4. The van der Waals surface area contributed by atoms with Crippen molar-refractivity contribution in [3.63, 3.8) is 0 Å². The molecule has 0 aliphatic heterocycles. The molecule has 1 heterocycles. The van der Waals surface area contributed by atoms with Gasteiger partial charge < -0.3 is 11.1 Å². The molecule has 1 aromatic carbocycles. The molecule has 0 radical (unpaired) electrons. The molecule has 0 aliphatic carbocycles. The van der Waals surface area contributed by atoms with Crippen LogP contribution in [0.1, 0.15) is 5.69 Å². The van der Waals surface area contributed by atoms with Crippen molar-refractivity contribution >= 4 is 22.7 Å². The average Bonchev–Trinajstić information content (AvgIpc) is 2.69. The Kier molecular flexibility index (Phi) is 3.36. The van der Waals surface area contributed by atoms with Crippen LogP contribution in [0.2, 0.25) is 0 Å².